The van der Waals surface area contributed by atoms with Gasteiger partial charge in [0, 0.05) is 11.1 Å². The maximum Gasteiger partial charge on any atom is 0.110 e. The van der Waals surface area contributed by atoms with Crippen molar-refractivity contribution in [3.05, 3.63) is 16.1 Å². The van der Waals surface area contributed by atoms with Crippen LogP contribution in [0, 0.1) is 18.8 Å². The topological polar surface area (TPSA) is 24.9 Å². The number of hydrogen-bond acceptors (Lipinski definition) is 3. The number of aromatic nitrogens is 1. The summed E-state index contributed by atoms with van der Waals surface area (Å²) in [5.74, 6) is 1.71. The molecular formula is C14H24N2S. The number of thiazole rings is 1. The Morgan fingerprint density at radius 1 is 1.41 bits per heavy atom. The van der Waals surface area contributed by atoms with Crippen molar-refractivity contribution in [2.45, 2.75) is 52.5 Å². The Balaban J connectivity index is 2.06. The zero-order chi connectivity index (χ0) is 12.3. The molecule has 0 amide bonds. The lowest BCUT2D eigenvalue weighted by Crippen LogP contribution is -2.30. The summed E-state index contributed by atoms with van der Waals surface area (Å²) in [7, 11) is 0. The molecule has 1 aliphatic rings. The molecule has 1 atom stereocenters. The molecule has 2 rings (SSSR count). The number of hydrogen-bond donors (Lipinski definition) is 1. The van der Waals surface area contributed by atoms with Gasteiger partial charge < -0.3 is 5.32 Å². The Kier molecular flexibility index (Phi) is 4.57. The highest BCUT2D eigenvalue weighted by atomic mass is 32.1. The second kappa shape index (κ2) is 5.96. The van der Waals surface area contributed by atoms with Crippen LogP contribution in [0.2, 0.25) is 0 Å². The van der Waals surface area contributed by atoms with Crippen LogP contribution in [-0.4, -0.2) is 11.5 Å². The van der Waals surface area contributed by atoms with E-state index in [-0.39, 0.29) is 0 Å². The van der Waals surface area contributed by atoms with Gasteiger partial charge in [-0.2, -0.15) is 0 Å². The second-order valence-corrected chi connectivity index (χ2v) is 6.27. The molecular weight excluding hydrogens is 228 g/mol. The first-order valence-electron chi connectivity index (χ1n) is 6.86. The number of rotatable bonds is 4. The molecule has 1 saturated carbocycles. The van der Waals surface area contributed by atoms with E-state index in [1.807, 2.05) is 11.3 Å². The van der Waals surface area contributed by atoms with Crippen LogP contribution in [0.1, 0.15) is 56.3 Å². The van der Waals surface area contributed by atoms with Gasteiger partial charge >= 0.3 is 0 Å². The average Bonchev–Trinajstić information content (AvgIpc) is 2.74. The van der Waals surface area contributed by atoms with E-state index in [0.29, 0.717) is 6.04 Å². The molecule has 1 aromatic rings. The maximum atomic E-state index is 4.68. The fourth-order valence-corrected chi connectivity index (χ4v) is 3.77. The quantitative estimate of drug-likeness (QED) is 0.878. The highest BCUT2D eigenvalue weighted by Gasteiger charge is 2.28. The van der Waals surface area contributed by atoms with Gasteiger partial charge in [0.15, 0.2) is 0 Å². The average molecular weight is 252 g/mol. The van der Waals surface area contributed by atoms with Crippen molar-refractivity contribution in [3.63, 3.8) is 0 Å². The Morgan fingerprint density at radius 2 is 2.12 bits per heavy atom. The molecule has 1 aromatic heterocycles. The largest absolute Gasteiger partial charge is 0.308 e. The first-order chi connectivity index (χ1) is 8.20. The van der Waals surface area contributed by atoms with Crippen molar-refractivity contribution in [2.24, 2.45) is 11.8 Å². The van der Waals surface area contributed by atoms with Crippen molar-refractivity contribution in [2.75, 3.05) is 6.54 Å². The van der Waals surface area contributed by atoms with Crippen LogP contribution in [0.5, 0.6) is 0 Å². The van der Waals surface area contributed by atoms with Crippen molar-refractivity contribution < 1.29 is 0 Å². The molecule has 0 aromatic carbocycles. The fraction of sp³-hybridized carbons (Fsp3) is 0.786. The van der Waals surface area contributed by atoms with Gasteiger partial charge in [0.05, 0.1) is 6.04 Å². The highest BCUT2D eigenvalue weighted by molar-refractivity contribution is 7.09. The Morgan fingerprint density at radius 3 is 2.65 bits per heavy atom. The maximum absolute atomic E-state index is 4.68. The zero-order valence-corrected chi connectivity index (χ0v) is 12.0. The lowest BCUT2D eigenvalue weighted by atomic mass is 9.79. The molecule has 0 aliphatic heterocycles. The highest BCUT2D eigenvalue weighted by Crippen LogP contribution is 2.37. The lowest BCUT2D eigenvalue weighted by molar-refractivity contribution is 0.233. The zero-order valence-electron chi connectivity index (χ0n) is 11.2. The molecule has 0 bridgehead atoms. The number of nitrogens with one attached hydrogen (secondary N) is 1. The van der Waals surface area contributed by atoms with Crippen LogP contribution < -0.4 is 5.32 Å². The number of aryl methyl sites for hydroxylation is 1. The van der Waals surface area contributed by atoms with Gasteiger partial charge in [-0.25, -0.2) is 4.98 Å². The summed E-state index contributed by atoms with van der Waals surface area (Å²) in [4.78, 5) is 4.68. The minimum atomic E-state index is 0.492. The summed E-state index contributed by atoms with van der Waals surface area (Å²) < 4.78 is 0. The summed E-state index contributed by atoms with van der Waals surface area (Å²) >= 11 is 1.82. The van der Waals surface area contributed by atoms with Crippen LogP contribution in [0.4, 0.5) is 0 Å². The first kappa shape index (κ1) is 13.0. The third-order valence-corrected chi connectivity index (χ3v) is 4.90. The molecule has 1 fully saturated rings. The first-order valence-corrected chi connectivity index (χ1v) is 7.74. The Bertz CT molecular complexity index is 340. The van der Waals surface area contributed by atoms with Gasteiger partial charge in [-0.1, -0.05) is 26.7 Å². The van der Waals surface area contributed by atoms with Gasteiger partial charge in [-0.15, -0.1) is 11.3 Å². The molecule has 96 valence electrons. The normalized spacial score (nSPS) is 27.0. The van der Waals surface area contributed by atoms with E-state index in [1.54, 1.807) is 0 Å². The van der Waals surface area contributed by atoms with Crippen molar-refractivity contribution in [1.29, 1.82) is 0 Å². The van der Waals surface area contributed by atoms with E-state index in [0.717, 1.165) is 24.1 Å². The lowest BCUT2D eigenvalue weighted by Gasteiger charge is -2.32. The third kappa shape index (κ3) is 3.29. The summed E-state index contributed by atoms with van der Waals surface area (Å²) in [6, 6.07) is 0.492. The van der Waals surface area contributed by atoms with Crippen LogP contribution in [0.15, 0.2) is 5.38 Å². The summed E-state index contributed by atoms with van der Waals surface area (Å²) in [5, 5.41) is 7.11. The molecule has 3 heteroatoms. The van der Waals surface area contributed by atoms with Crippen molar-refractivity contribution in [3.8, 4) is 0 Å². The van der Waals surface area contributed by atoms with Crippen LogP contribution in [0.25, 0.3) is 0 Å². The monoisotopic (exact) mass is 252 g/mol. The summed E-state index contributed by atoms with van der Waals surface area (Å²) in [6.45, 7) is 7.70. The molecule has 1 aliphatic carbocycles. The minimum absolute atomic E-state index is 0.492. The van der Waals surface area contributed by atoms with Gasteiger partial charge in [0.1, 0.15) is 5.01 Å². The predicted octanol–water partition coefficient (Wildman–Crippen LogP) is 3.93. The van der Waals surface area contributed by atoms with Crippen molar-refractivity contribution in [1.82, 2.24) is 10.3 Å². The standard InChI is InChI=1S/C14H24N2S/c1-4-15-13(14-16-11(3)9-17-14)12-7-5-10(2)6-8-12/h9-10,12-13,15H,4-8H2,1-3H3. The van der Waals surface area contributed by atoms with E-state index in [9.17, 15) is 0 Å². The van der Waals surface area contributed by atoms with E-state index in [2.05, 4.69) is 36.5 Å². The molecule has 2 nitrogen and oxygen atoms in total. The van der Waals surface area contributed by atoms with E-state index < -0.39 is 0 Å². The third-order valence-electron chi connectivity index (χ3n) is 3.86. The Hall–Kier alpha value is -0.410. The molecule has 0 spiro atoms. The van der Waals surface area contributed by atoms with Crippen LogP contribution in [0.3, 0.4) is 0 Å². The Labute approximate surface area is 109 Å². The molecule has 0 saturated heterocycles. The summed E-state index contributed by atoms with van der Waals surface area (Å²) in [5.41, 5.74) is 1.16. The minimum Gasteiger partial charge on any atom is -0.308 e. The smallest absolute Gasteiger partial charge is 0.110 e. The van der Waals surface area contributed by atoms with Gasteiger partial charge in [-0.3, -0.25) is 0 Å². The molecule has 0 radical (unpaired) electrons. The van der Waals surface area contributed by atoms with Crippen molar-refractivity contribution >= 4 is 11.3 Å². The predicted molar refractivity (Wildman–Crippen MR) is 74.4 cm³/mol. The molecule has 1 heterocycles. The van der Waals surface area contributed by atoms with E-state index in [4.69, 9.17) is 0 Å². The molecule has 1 N–H and O–H groups in total. The van der Waals surface area contributed by atoms with Crippen LogP contribution in [-0.2, 0) is 0 Å². The molecule has 1 unspecified atom stereocenters. The SMILES string of the molecule is CCNC(c1nc(C)cs1)C1CCC(C)CC1. The van der Waals surface area contributed by atoms with Gasteiger partial charge in [-0.05, 0) is 38.1 Å². The van der Waals surface area contributed by atoms with Crippen LogP contribution >= 0.6 is 11.3 Å². The summed E-state index contributed by atoms with van der Waals surface area (Å²) in [6.07, 6.45) is 5.49. The molecule has 17 heavy (non-hydrogen) atoms. The van der Waals surface area contributed by atoms with E-state index >= 15 is 0 Å². The van der Waals surface area contributed by atoms with Gasteiger partial charge in [0.25, 0.3) is 0 Å². The number of nitrogens with zero attached hydrogens (tertiary/aromatic N) is 1. The van der Waals surface area contributed by atoms with Gasteiger partial charge in [0.2, 0.25) is 0 Å². The second-order valence-electron chi connectivity index (χ2n) is 5.38. The fourth-order valence-electron chi connectivity index (χ4n) is 2.81. The van der Waals surface area contributed by atoms with E-state index in [1.165, 1.54) is 30.7 Å².